The van der Waals surface area contributed by atoms with E-state index in [2.05, 4.69) is 42.5 Å². The van der Waals surface area contributed by atoms with Crippen molar-refractivity contribution in [3.63, 3.8) is 0 Å². The van der Waals surface area contributed by atoms with E-state index in [9.17, 15) is 26.4 Å². The highest BCUT2D eigenvalue weighted by Gasteiger charge is 2.37. The van der Waals surface area contributed by atoms with Crippen molar-refractivity contribution >= 4 is 55.3 Å². The summed E-state index contributed by atoms with van der Waals surface area (Å²) in [4.78, 5) is 26.6. The molecule has 0 heterocycles. The molecule has 4 aromatic carbocycles. The van der Waals surface area contributed by atoms with Crippen LogP contribution in [0.25, 0.3) is 0 Å². The summed E-state index contributed by atoms with van der Waals surface area (Å²) in [5, 5.41) is 12.3. The number of urea groups is 2. The number of aryl methyl sites for hydroxylation is 4. The summed E-state index contributed by atoms with van der Waals surface area (Å²) in [5.74, 6) is 1.23. The molecular weight excluding hydrogens is 1070 g/mol. The Morgan fingerprint density at radius 2 is 0.987 bits per heavy atom. The van der Waals surface area contributed by atoms with Gasteiger partial charge in [-0.1, -0.05) is 23.2 Å². The van der Waals surface area contributed by atoms with E-state index in [0.29, 0.717) is 65.1 Å². The number of hydrogen-bond donors (Lipinski definition) is 6. The van der Waals surface area contributed by atoms with Crippen LogP contribution in [0.2, 0.25) is 10.0 Å². The van der Waals surface area contributed by atoms with Crippen LogP contribution in [0.15, 0.2) is 70.5 Å². The van der Waals surface area contributed by atoms with Gasteiger partial charge < -0.3 is 54.6 Å². The molecule has 77 heavy (non-hydrogen) atoms. The first kappa shape index (κ1) is 61.4. The van der Waals surface area contributed by atoms with Crippen molar-refractivity contribution in [1.29, 1.82) is 0 Å². The zero-order valence-electron chi connectivity index (χ0n) is 44.9. The molecular formula is C54H75Cl2N7O12S2. The number of carbonyl (C=O) groups is 2. The summed E-state index contributed by atoms with van der Waals surface area (Å²) in [7, 11) is -3.51. The number of fused-ring (bicyclic) bond motifs is 2. The van der Waals surface area contributed by atoms with Gasteiger partial charge in [-0.2, -0.15) is 0 Å². The number of unbranched alkanes of at least 4 members (excludes halogenated alkanes) is 1. The second-order valence-electron chi connectivity index (χ2n) is 19.2. The van der Waals surface area contributed by atoms with E-state index in [0.717, 1.165) is 41.5 Å². The molecule has 6 N–H and O–H groups in total. The molecule has 424 valence electrons. The standard InChI is InChI=1S/C54H75Cl2N7O12S2/c1-36-29-40(55)33-46-44(36)11-14-51(46)74-49-12-9-42(31-38(49)3)76(66,67)61-19-23-72-27-25-70-21-17-59-53(64)57-15-7-8-16-58-54(65)60-18-22-71-26-28-73-24-20-62-77(68,69)43-10-13-50(39(4)32-43)75-52-47-34-41(56)30-37(2)45(47)35-48(52)63(5)6/h9-10,12-13,29-34,48,51-52,61-62H,7-8,11,14-28,35H2,1-6H3,(H2,57,59,64)(H2,58,60,65)/t48-,51+,52-/m0/s1. The van der Waals surface area contributed by atoms with Gasteiger partial charge in [0.1, 0.15) is 23.7 Å². The third-order valence-corrected chi connectivity index (χ3v) is 16.5. The van der Waals surface area contributed by atoms with E-state index in [1.54, 1.807) is 24.3 Å². The van der Waals surface area contributed by atoms with Crippen LogP contribution in [0.3, 0.4) is 0 Å². The zero-order valence-corrected chi connectivity index (χ0v) is 48.0. The van der Waals surface area contributed by atoms with E-state index < -0.39 is 20.0 Å². The van der Waals surface area contributed by atoms with Crippen LogP contribution < -0.4 is 40.2 Å². The summed E-state index contributed by atoms with van der Waals surface area (Å²) >= 11 is 12.7. The number of hydrogen-bond acceptors (Lipinski definition) is 13. The smallest absolute Gasteiger partial charge is 0.314 e. The molecule has 0 aliphatic heterocycles. The van der Waals surface area contributed by atoms with Gasteiger partial charge in [0, 0.05) is 49.3 Å². The van der Waals surface area contributed by atoms with Crippen molar-refractivity contribution in [1.82, 2.24) is 35.6 Å². The fraction of sp³-hybridized carbons (Fsp3) is 0.519. The first-order chi connectivity index (χ1) is 36.8. The SMILES string of the molecule is Cc1cc(S(=O)(=O)NCCOCCOCCNC(=O)NCCCCNC(=O)NCCOCCOCCNS(=O)(=O)c2ccc(O[C@H]3c4cc(Cl)cc(C)c4C[C@@H]3N(C)C)c(C)c2)ccc1O[C@@H]1CCc2c(C)cc(Cl)cc21. The Labute approximate surface area is 464 Å². The minimum Gasteiger partial charge on any atom is -0.485 e. The van der Waals surface area contributed by atoms with Crippen LogP contribution in [0.5, 0.6) is 11.5 Å². The van der Waals surface area contributed by atoms with Gasteiger partial charge in [-0.3, -0.25) is 0 Å². The highest BCUT2D eigenvalue weighted by Crippen LogP contribution is 2.42. The Hall–Kier alpha value is -4.78. The number of carbonyl (C=O) groups excluding carboxylic acids is 2. The molecule has 2 aliphatic carbocycles. The fourth-order valence-electron chi connectivity index (χ4n) is 9.12. The van der Waals surface area contributed by atoms with Crippen LogP contribution >= 0.6 is 23.2 Å². The van der Waals surface area contributed by atoms with Crippen LogP contribution in [0.1, 0.15) is 76.0 Å². The van der Waals surface area contributed by atoms with Crippen LogP contribution in [0, 0.1) is 27.7 Å². The van der Waals surface area contributed by atoms with E-state index >= 15 is 0 Å². The number of sulfonamides is 2. The number of benzene rings is 4. The fourth-order valence-corrected chi connectivity index (χ4v) is 11.9. The van der Waals surface area contributed by atoms with E-state index in [1.165, 1.54) is 23.3 Å². The minimum atomic E-state index is -3.79. The molecule has 19 nitrogen and oxygen atoms in total. The summed E-state index contributed by atoms with van der Waals surface area (Å²) < 4.78 is 92.0. The monoisotopic (exact) mass is 1150 g/mol. The molecule has 4 amide bonds. The van der Waals surface area contributed by atoms with Crippen molar-refractivity contribution in [3.8, 4) is 11.5 Å². The Balaban J connectivity index is 0.698. The Kier molecular flexibility index (Phi) is 23.9. The molecule has 0 radical (unpaired) electrons. The largest absolute Gasteiger partial charge is 0.485 e. The van der Waals surface area contributed by atoms with E-state index in [1.807, 2.05) is 59.1 Å². The Morgan fingerprint density at radius 1 is 0.545 bits per heavy atom. The number of nitrogens with zero attached hydrogens (tertiary/aromatic N) is 1. The van der Waals surface area contributed by atoms with Crippen molar-refractivity contribution in [2.45, 2.75) is 87.8 Å². The van der Waals surface area contributed by atoms with Gasteiger partial charge in [-0.25, -0.2) is 35.9 Å². The van der Waals surface area contributed by atoms with E-state index in [-0.39, 0.29) is 113 Å². The number of likely N-dealkylation sites (N-methyl/N-ethyl adjacent to an activating group) is 1. The lowest BCUT2D eigenvalue weighted by atomic mass is 10.0. The molecule has 0 spiro atoms. The number of amides is 4. The predicted octanol–water partition coefficient (Wildman–Crippen LogP) is 6.60. The quantitative estimate of drug-likeness (QED) is 0.0283. The first-order valence-electron chi connectivity index (χ1n) is 26.0. The summed E-state index contributed by atoms with van der Waals surface area (Å²) in [5.41, 5.74) is 8.29. The van der Waals surface area contributed by atoms with E-state index in [4.69, 9.17) is 51.6 Å². The molecule has 4 aromatic rings. The second kappa shape index (κ2) is 30.0. The average Bonchev–Trinajstić information content (AvgIpc) is 3.96. The summed E-state index contributed by atoms with van der Waals surface area (Å²) in [6.07, 6.45) is 3.48. The van der Waals surface area contributed by atoms with Gasteiger partial charge in [0.25, 0.3) is 0 Å². The van der Waals surface area contributed by atoms with Gasteiger partial charge in [-0.15, -0.1) is 0 Å². The molecule has 3 atom stereocenters. The zero-order chi connectivity index (χ0) is 55.5. The lowest BCUT2D eigenvalue weighted by Gasteiger charge is -2.28. The molecule has 23 heteroatoms. The highest BCUT2D eigenvalue weighted by molar-refractivity contribution is 7.89. The molecule has 0 saturated heterocycles. The lowest BCUT2D eigenvalue weighted by molar-refractivity contribution is 0.0516. The third-order valence-electron chi connectivity index (χ3n) is 13.2. The average molecular weight is 1150 g/mol. The van der Waals surface area contributed by atoms with Crippen LogP contribution in [-0.4, -0.2) is 146 Å². The molecule has 2 aliphatic rings. The van der Waals surface area contributed by atoms with Crippen molar-refractivity contribution in [2.24, 2.45) is 0 Å². The van der Waals surface area contributed by atoms with Crippen molar-refractivity contribution in [2.75, 3.05) is 106 Å². The predicted molar refractivity (Wildman–Crippen MR) is 297 cm³/mol. The van der Waals surface area contributed by atoms with Crippen molar-refractivity contribution in [3.05, 3.63) is 115 Å². The second-order valence-corrected chi connectivity index (χ2v) is 23.6. The van der Waals surface area contributed by atoms with Gasteiger partial charge in [0.05, 0.1) is 68.7 Å². The Morgan fingerprint density at radius 3 is 1.47 bits per heavy atom. The molecule has 6 rings (SSSR count). The van der Waals surface area contributed by atoms with Crippen LogP contribution in [0.4, 0.5) is 9.59 Å². The topological polar surface area (TPSA) is 233 Å². The van der Waals surface area contributed by atoms with Gasteiger partial charge in [0.2, 0.25) is 20.0 Å². The number of rotatable bonds is 32. The maximum absolute atomic E-state index is 13.1. The van der Waals surface area contributed by atoms with Crippen LogP contribution in [-0.2, 0) is 51.8 Å². The van der Waals surface area contributed by atoms with Gasteiger partial charge in [0.15, 0.2) is 0 Å². The number of nitrogens with one attached hydrogen (secondary N) is 6. The van der Waals surface area contributed by atoms with Crippen molar-refractivity contribution < 1.29 is 54.8 Å². The summed E-state index contributed by atoms with van der Waals surface area (Å²) in [6.45, 7) is 11.2. The molecule has 0 bridgehead atoms. The molecule has 0 unspecified atom stereocenters. The maximum atomic E-state index is 13.1. The third kappa shape index (κ3) is 18.7. The molecule has 0 aromatic heterocycles. The number of ether oxygens (including phenoxy) is 6. The van der Waals surface area contributed by atoms with Gasteiger partial charge >= 0.3 is 12.1 Å². The Bertz CT molecular complexity index is 2840. The molecule has 0 saturated carbocycles. The normalized spacial score (nSPS) is 16.0. The minimum absolute atomic E-state index is 0.0758. The lowest BCUT2D eigenvalue weighted by Crippen LogP contribution is -2.39. The first-order valence-corrected chi connectivity index (χ1v) is 29.7. The van der Waals surface area contributed by atoms with Gasteiger partial charge in [-0.05, 0) is 179 Å². The number of halogens is 2. The maximum Gasteiger partial charge on any atom is 0.314 e. The summed E-state index contributed by atoms with van der Waals surface area (Å²) in [6, 6.07) is 16.9. The highest BCUT2D eigenvalue weighted by atomic mass is 35.5. The molecule has 0 fully saturated rings.